The minimum atomic E-state index is 0.905. The van der Waals surface area contributed by atoms with Crippen LogP contribution >= 0.6 is 0 Å². The second-order valence-corrected chi connectivity index (χ2v) is 7.24. The van der Waals surface area contributed by atoms with Crippen LogP contribution in [0, 0.1) is 0 Å². The lowest BCUT2D eigenvalue weighted by Gasteiger charge is -2.25. The van der Waals surface area contributed by atoms with Gasteiger partial charge in [0.25, 0.3) is 0 Å². The summed E-state index contributed by atoms with van der Waals surface area (Å²) in [5.74, 6) is 0.905. The molecule has 0 amide bonds. The predicted molar refractivity (Wildman–Crippen MR) is 120 cm³/mol. The number of unbranched alkanes of at least 4 members (excludes halogenated alkanes) is 3. The van der Waals surface area contributed by atoms with Gasteiger partial charge < -0.3 is 9.64 Å². The number of hydrogen-bond acceptors (Lipinski definition) is 2. The van der Waals surface area contributed by atoms with E-state index < -0.39 is 0 Å². The summed E-state index contributed by atoms with van der Waals surface area (Å²) in [6.45, 7) is 4.26. The molecule has 2 nitrogen and oxygen atoms in total. The molecule has 0 unspecified atom stereocenters. The smallest absolute Gasteiger partial charge is 0.119 e. The van der Waals surface area contributed by atoms with Crippen LogP contribution in [0.25, 0.3) is 11.1 Å². The number of benzene rings is 3. The number of ether oxygens (including phenoxy) is 1. The average molecular weight is 374 g/mol. The molecular weight excluding hydrogens is 342 g/mol. The predicted octanol–water partition coefficient (Wildman–Crippen LogP) is 6.95. The molecule has 0 bridgehead atoms. The van der Waals surface area contributed by atoms with Gasteiger partial charge in [0.1, 0.15) is 5.75 Å². The Balaban J connectivity index is 1.72. The van der Waals surface area contributed by atoms with E-state index in [2.05, 4.69) is 78.6 Å². The van der Waals surface area contributed by atoms with E-state index >= 15 is 0 Å². The Morgan fingerprint density at radius 2 is 1.39 bits per heavy atom. The van der Waals surface area contributed by atoms with Crippen LogP contribution in [0.1, 0.15) is 38.2 Å². The van der Waals surface area contributed by atoms with Gasteiger partial charge in [-0.15, -0.1) is 0 Å². The third-order valence-electron chi connectivity index (χ3n) is 5.15. The molecular formula is C26H31NO. The Morgan fingerprint density at radius 1 is 0.714 bits per heavy atom. The van der Waals surface area contributed by atoms with Crippen LogP contribution in [0.2, 0.25) is 0 Å². The Bertz CT molecular complexity index is 809. The van der Waals surface area contributed by atoms with E-state index in [9.17, 15) is 0 Å². The molecule has 0 spiro atoms. The molecule has 3 rings (SSSR count). The van der Waals surface area contributed by atoms with Gasteiger partial charge in [0, 0.05) is 18.8 Å². The Morgan fingerprint density at radius 3 is 2.04 bits per heavy atom. The Hall–Kier alpha value is -2.74. The van der Waals surface area contributed by atoms with Gasteiger partial charge >= 0.3 is 0 Å². The molecule has 0 heterocycles. The molecule has 3 aromatic carbocycles. The summed E-state index contributed by atoms with van der Waals surface area (Å²) in [7, 11) is 1.71. The summed E-state index contributed by atoms with van der Waals surface area (Å²) < 4.78 is 5.32. The van der Waals surface area contributed by atoms with Crippen molar-refractivity contribution in [2.24, 2.45) is 0 Å². The van der Waals surface area contributed by atoms with Crippen LogP contribution in [0.15, 0.2) is 78.9 Å². The quantitative estimate of drug-likeness (QED) is 0.357. The lowest BCUT2D eigenvalue weighted by atomic mass is 10.0. The molecule has 146 valence electrons. The van der Waals surface area contributed by atoms with E-state index in [-0.39, 0.29) is 0 Å². The second-order valence-electron chi connectivity index (χ2n) is 7.24. The molecule has 0 radical (unpaired) electrons. The molecule has 0 N–H and O–H groups in total. The molecule has 0 saturated heterocycles. The van der Waals surface area contributed by atoms with Crippen molar-refractivity contribution in [3.8, 4) is 16.9 Å². The molecule has 2 heteroatoms. The van der Waals surface area contributed by atoms with Crippen LogP contribution in [0.3, 0.4) is 0 Å². The third kappa shape index (κ3) is 5.63. The fourth-order valence-corrected chi connectivity index (χ4v) is 3.48. The van der Waals surface area contributed by atoms with Crippen LogP contribution in [-0.2, 0) is 6.54 Å². The van der Waals surface area contributed by atoms with E-state index in [1.54, 1.807) is 7.11 Å². The van der Waals surface area contributed by atoms with Crippen LogP contribution in [-0.4, -0.2) is 13.7 Å². The summed E-state index contributed by atoms with van der Waals surface area (Å²) in [6.07, 6.45) is 5.09. The molecule has 28 heavy (non-hydrogen) atoms. The van der Waals surface area contributed by atoms with E-state index in [0.29, 0.717) is 0 Å². The molecule has 0 aromatic heterocycles. The zero-order valence-electron chi connectivity index (χ0n) is 17.1. The van der Waals surface area contributed by atoms with Gasteiger partial charge in [0.2, 0.25) is 0 Å². The monoisotopic (exact) mass is 373 g/mol. The molecule has 0 aliphatic rings. The SMILES string of the molecule is CCCCCCN(Cc1ccc(-c2ccccc2)cc1)c1ccc(OC)cc1. The largest absolute Gasteiger partial charge is 0.497 e. The van der Waals surface area contributed by atoms with Gasteiger partial charge in [-0.3, -0.25) is 0 Å². The van der Waals surface area contributed by atoms with Gasteiger partial charge in [0.15, 0.2) is 0 Å². The lowest BCUT2D eigenvalue weighted by Crippen LogP contribution is -2.23. The minimum absolute atomic E-state index is 0.905. The number of hydrogen-bond donors (Lipinski definition) is 0. The molecule has 0 saturated carbocycles. The number of anilines is 1. The highest BCUT2D eigenvalue weighted by Gasteiger charge is 2.08. The van der Waals surface area contributed by atoms with Crippen LogP contribution in [0.4, 0.5) is 5.69 Å². The zero-order chi connectivity index (χ0) is 19.6. The maximum Gasteiger partial charge on any atom is 0.119 e. The van der Waals surface area contributed by atoms with Crippen molar-refractivity contribution in [1.29, 1.82) is 0 Å². The molecule has 0 atom stereocenters. The highest BCUT2D eigenvalue weighted by atomic mass is 16.5. The third-order valence-corrected chi connectivity index (χ3v) is 5.15. The Labute approximate surface area is 169 Å². The van der Waals surface area contributed by atoms with Gasteiger partial charge in [-0.1, -0.05) is 80.8 Å². The summed E-state index contributed by atoms with van der Waals surface area (Å²) in [5, 5.41) is 0. The van der Waals surface area contributed by atoms with E-state index in [1.165, 1.54) is 48.1 Å². The lowest BCUT2D eigenvalue weighted by molar-refractivity contribution is 0.415. The maximum atomic E-state index is 5.32. The highest BCUT2D eigenvalue weighted by molar-refractivity contribution is 5.63. The van der Waals surface area contributed by atoms with Crippen molar-refractivity contribution >= 4 is 5.69 Å². The van der Waals surface area contributed by atoms with Gasteiger partial charge in [-0.05, 0) is 47.4 Å². The zero-order valence-corrected chi connectivity index (χ0v) is 17.1. The number of methoxy groups -OCH3 is 1. The molecule has 0 fully saturated rings. The first kappa shape index (κ1) is 20.0. The van der Waals surface area contributed by atoms with Crippen molar-refractivity contribution in [3.63, 3.8) is 0 Å². The van der Waals surface area contributed by atoms with Gasteiger partial charge in [-0.25, -0.2) is 0 Å². The normalized spacial score (nSPS) is 10.6. The second kappa shape index (κ2) is 10.6. The first-order chi connectivity index (χ1) is 13.8. The molecule has 0 aliphatic carbocycles. The van der Waals surface area contributed by atoms with Crippen molar-refractivity contribution in [1.82, 2.24) is 0 Å². The summed E-state index contributed by atoms with van der Waals surface area (Å²) >= 11 is 0. The fourth-order valence-electron chi connectivity index (χ4n) is 3.48. The number of nitrogens with zero attached hydrogens (tertiary/aromatic N) is 1. The van der Waals surface area contributed by atoms with Gasteiger partial charge in [0.05, 0.1) is 7.11 Å². The first-order valence-corrected chi connectivity index (χ1v) is 10.3. The maximum absolute atomic E-state index is 5.32. The van der Waals surface area contributed by atoms with Crippen molar-refractivity contribution in [2.45, 2.75) is 39.2 Å². The summed E-state index contributed by atoms with van der Waals surface area (Å²) in [6, 6.07) is 27.9. The molecule has 3 aromatic rings. The topological polar surface area (TPSA) is 12.5 Å². The van der Waals surface area contributed by atoms with Gasteiger partial charge in [-0.2, -0.15) is 0 Å². The van der Waals surface area contributed by atoms with E-state index in [4.69, 9.17) is 4.74 Å². The van der Waals surface area contributed by atoms with Crippen molar-refractivity contribution < 1.29 is 4.74 Å². The highest BCUT2D eigenvalue weighted by Crippen LogP contribution is 2.24. The van der Waals surface area contributed by atoms with Crippen LogP contribution in [0.5, 0.6) is 5.75 Å². The fraction of sp³-hybridized carbons (Fsp3) is 0.308. The summed E-state index contributed by atoms with van der Waals surface area (Å²) in [5.41, 5.74) is 5.12. The van der Waals surface area contributed by atoms with Crippen molar-refractivity contribution in [3.05, 3.63) is 84.4 Å². The average Bonchev–Trinajstić information content (AvgIpc) is 2.77. The minimum Gasteiger partial charge on any atom is -0.497 e. The molecule has 0 aliphatic heterocycles. The van der Waals surface area contributed by atoms with Crippen LogP contribution < -0.4 is 9.64 Å². The summed E-state index contributed by atoms with van der Waals surface area (Å²) in [4.78, 5) is 2.48. The first-order valence-electron chi connectivity index (χ1n) is 10.3. The van der Waals surface area contributed by atoms with E-state index in [1.807, 2.05) is 12.1 Å². The Kier molecular flexibility index (Phi) is 7.54. The number of rotatable bonds is 10. The van der Waals surface area contributed by atoms with Crippen molar-refractivity contribution in [2.75, 3.05) is 18.6 Å². The standard InChI is InChI=1S/C26H31NO/c1-3-4-5-9-20-27(25-16-18-26(28-2)19-17-25)21-22-12-14-24(15-13-22)23-10-7-6-8-11-23/h6-8,10-19H,3-5,9,20-21H2,1-2H3. The van der Waals surface area contributed by atoms with E-state index in [0.717, 1.165) is 18.8 Å².